The van der Waals surface area contributed by atoms with Crippen molar-refractivity contribution in [1.82, 2.24) is 0 Å². The number of hydrogen-bond acceptors (Lipinski definition) is 4. The van der Waals surface area contributed by atoms with E-state index in [4.69, 9.17) is 9.47 Å². The third-order valence-electron chi connectivity index (χ3n) is 4.73. The van der Waals surface area contributed by atoms with Gasteiger partial charge in [-0.05, 0) is 50.1 Å². The van der Waals surface area contributed by atoms with Crippen molar-refractivity contribution in [3.8, 4) is 17.6 Å². The lowest BCUT2D eigenvalue weighted by Gasteiger charge is -2.13. The summed E-state index contributed by atoms with van der Waals surface area (Å²) in [6, 6.07) is 22.7. The van der Waals surface area contributed by atoms with Gasteiger partial charge in [-0.3, -0.25) is 4.79 Å². The minimum absolute atomic E-state index is 0.0692. The topological polar surface area (TPSA) is 59.3 Å². The first kappa shape index (κ1) is 21.9. The van der Waals surface area contributed by atoms with E-state index in [-0.39, 0.29) is 11.4 Å². The van der Waals surface area contributed by atoms with Crippen LogP contribution in [0.1, 0.15) is 39.5 Å². The van der Waals surface area contributed by atoms with Crippen LogP contribution in [0, 0.1) is 25.2 Å². The number of benzene rings is 3. The average molecular weight is 412 g/mol. The Hall–Kier alpha value is -3.84. The molecular weight excluding hydrogens is 386 g/mol. The summed E-state index contributed by atoms with van der Waals surface area (Å²) in [5, 5.41) is 9.54. The Morgan fingerprint density at radius 2 is 1.71 bits per heavy atom. The van der Waals surface area contributed by atoms with E-state index in [0.717, 1.165) is 11.1 Å². The molecule has 4 nitrogen and oxygen atoms in total. The molecule has 3 rings (SSSR count). The van der Waals surface area contributed by atoms with Crippen molar-refractivity contribution in [3.63, 3.8) is 0 Å². The molecule has 0 N–H and O–H groups in total. The number of rotatable bonds is 8. The molecule has 0 aliphatic rings. The standard InChI is InChI=1S/C27H25NO3/c1-4-30-26-16-21(10-13-25(26)31-18-22-7-5-6-20(3)14-22)15-24(17-28)27(29)23-11-8-19(2)9-12-23/h5-16H,4,18H2,1-3H3/b24-15+. The highest BCUT2D eigenvalue weighted by molar-refractivity contribution is 6.14. The van der Waals surface area contributed by atoms with E-state index in [9.17, 15) is 10.1 Å². The molecule has 0 amide bonds. The summed E-state index contributed by atoms with van der Waals surface area (Å²) < 4.78 is 11.7. The molecule has 0 saturated heterocycles. The zero-order valence-electron chi connectivity index (χ0n) is 18.0. The minimum Gasteiger partial charge on any atom is -0.490 e. The lowest BCUT2D eigenvalue weighted by molar-refractivity contribution is 0.104. The van der Waals surface area contributed by atoms with Crippen LogP contribution in [0.3, 0.4) is 0 Å². The van der Waals surface area contributed by atoms with Crippen LogP contribution in [0.5, 0.6) is 11.5 Å². The summed E-state index contributed by atoms with van der Waals surface area (Å²) in [4.78, 5) is 12.7. The number of nitrogens with zero attached hydrogens (tertiary/aromatic N) is 1. The number of aryl methyl sites for hydroxylation is 2. The van der Waals surface area contributed by atoms with E-state index in [1.807, 2.05) is 63.2 Å². The minimum atomic E-state index is -0.305. The summed E-state index contributed by atoms with van der Waals surface area (Å²) in [5.41, 5.74) is 4.56. The van der Waals surface area contributed by atoms with E-state index >= 15 is 0 Å². The first-order chi connectivity index (χ1) is 15.0. The van der Waals surface area contributed by atoms with Gasteiger partial charge in [0.2, 0.25) is 5.78 Å². The molecule has 0 aliphatic heterocycles. The van der Waals surface area contributed by atoms with Crippen molar-refractivity contribution in [3.05, 3.63) is 100 Å². The fourth-order valence-electron chi connectivity index (χ4n) is 3.14. The Morgan fingerprint density at radius 3 is 2.39 bits per heavy atom. The van der Waals surface area contributed by atoms with Gasteiger partial charge in [0.15, 0.2) is 11.5 Å². The van der Waals surface area contributed by atoms with Crippen molar-refractivity contribution in [2.45, 2.75) is 27.4 Å². The van der Waals surface area contributed by atoms with Gasteiger partial charge in [0.25, 0.3) is 0 Å². The highest BCUT2D eigenvalue weighted by atomic mass is 16.5. The van der Waals surface area contributed by atoms with E-state index in [0.29, 0.717) is 35.8 Å². The van der Waals surface area contributed by atoms with Gasteiger partial charge in [0, 0.05) is 5.56 Å². The van der Waals surface area contributed by atoms with Gasteiger partial charge < -0.3 is 9.47 Å². The molecule has 0 bridgehead atoms. The fourth-order valence-corrected chi connectivity index (χ4v) is 3.14. The average Bonchev–Trinajstić information content (AvgIpc) is 2.77. The van der Waals surface area contributed by atoms with Crippen molar-refractivity contribution in [2.24, 2.45) is 0 Å². The van der Waals surface area contributed by atoms with E-state index in [1.165, 1.54) is 5.56 Å². The van der Waals surface area contributed by atoms with Crippen LogP contribution >= 0.6 is 0 Å². The number of hydrogen-bond donors (Lipinski definition) is 0. The predicted octanol–water partition coefficient (Wildman–Crippen LogP) is 6.07. The number of ether oxygens (including phenoxy) is 2. The predicted molar refractivity (Wildman–Crippen MR) is 122 cm³/mol. The van der Waals surface area contributed by atoms with Crippen LogP contribution in [-0.4, -0.2) is 12.4 Å². The molecule has 156 valence electrons. The Morgan fingerprint density at radius 1 is 0.935 bits per heavy atom. The van der Waals surface area contributed by atoms with Gasteiger partial charge in [-0.2, -0.15) is 5.26 Å². The number of allylic oxidation sites excluding steroid dienone is 1. The van der Waals surface area contributed by atoms with Gasteiger partial charge in [-0.15, -0.1) is 0 Å². The molecule has 0 fully saturated rings. The van der Waals surface area contributed by atoms with E-state index in [1.54, 1.807) is 30.3 Å². The van der Waals surface area contributed by atoms with Crippen molar-refractivity contribution in [2.75, 3.05) is 6.61 Å². The first-order valence-electron chi connectivity index (χ1n) is 10.2. The van der Waals surface area contributed by atoms with Crippen molar-refractivity contribution >= 4 is 11.9 Å². The van der Waals surface area contributed by atoms with Crippen molar-refractivity contribution < 1.29 is 14.3 Å². The lowest BCUT2D eigenvalue weighted by Crippen LogP contribution is -2.02. The maximum atomic E-state index is 12.7. The number of carbonyl (C=O) groups is 1. The highest BCUT2D eigenvalue weighted by Crippen LogP contribution is 2.30. The molecule has 0 unspecified atom stereocenters. The summed E-state index contributed by atoms with van der Waals surface area (Å²) in [5.74, 6) is 0.882. The van der Waals surface area contributed by atoms with Crippen LogP contribution in [0.15, 0.2) is 72.3 Å². The SMILES string of the molecule is CCOc1cc(/C=C(\C#N)C(=O)c2ccc(C)cc2)ccc1OCc1cccc(C)c1. The van der Waals surface area contributed by atoms with Gasteiger partial charge >= 0.3 is 0 Å². The molecule has 3 aromatic rings. The molecule has 0 atom stereocenters. The summed E-state index contributed by atoms with van der Waals surface area (Å²) in [6.07, 6.45) is 1.58. The molecule has 0 saturated carbocycles. The second kappa shape index (κ2) is 10.3. The number of Topliss-reactive ketones (excluding diaryl/α,β-unsaturated/α-hetero) is 1. The second-order valence-corrected chi connectivity index (χ2v) is 7.28. The van der Waals surface area contributed by atoms with Gasteiger partial charge in [-0.1, -0.05) is 65.7 Å². The third kappa shape index (κ3) is 5.83. The van der Waals surface area contributed by atoms with Crippen LogP contribution < -0.4 is 9.47 Å². The molecule has 0 heterocycles. The lowest BCUT2D eigenvalue weighted by atomic mass is 10.0. The second-order valence-electron chi connectivity index (χ2n) is 7.28. The van der Waals surface area contributed by atoms with Crippen LogP contribution in [0.2, 0.25) is 0 Å². The molecule has 31 heavy (non-hydrogen) atoms. The molecule has 0 aromatic heterocycles. The summed E-state index contributed by atoms with van der Waals surface area (Å²) in [7, 11) is 0. The van der Waals surface area contributed by atoms with Gasteiger partial charge in [0.05, 0.1) is 6.61 Å². The van der Waals surface area contributed by atoms with Gasteiger partial charge in [-0.25, -0.2) is 0 Å². The molecule has 4 heteroatoms. The van der Waals surface area contributed by atoms with Crippen molar-refractivity contribution in [1.29, 1.82) is 5.26 Å². The number of ketones is 1. The van der Waals surface area contributed by atoms with Gasteiger partial charge in [0.1, 0.15) is 18.2 Å². The zero-order valence-corrected chi connectivity index (χ0v) is 18.0. The van der Waals surface area contributed by atoms with Crippen LogP contribution in [0.4, 0.5) is 0 Å². The maximum absolute atomic E-state index is 12.7. The quantitative estimate of drug-likeness (QED) is 0.256. The highest BCUT2D eigenvalue weighted by Gasteiger charge is 2.13. The Bertz CT molecular complexity index is 1140. The number of nitriles is 1. The Labute approximate surface area is 183 Å². The Kier molecular flexibility index (Phi) is 7.24. The summed E-state index contributed by atoms with van der Waals surface area (Å²) >= 11 is 0. The van der Waals surface area contributed by atoms with Crippen LogP contribution in [0.25, 0.3) is 6.08 Å². The molecular formula is C27H25NO3. The monoisotopic (exact) mass is 411 g/mol. The molecule has 0 radical (unpaired) electrons. The molecule has 0 spiro atoms. The fraction of sp³-hybridized carbons (Fsp3) is 0.185. The number of carbonyl (C=O) groups excluding carboxylic acids is 1. The Balaban J connectivity index is 1.83. The van der Waals surface area contributed by atoms with Crippen LogP contribution in [-0.2, 0) is 6.61 Å². The zero-order chi connectivity index (χ0) is 22.2. The third-order valence-corrected chi connectivity index (χ3v) is 4.73. The summed E-state index contributed by atoms with van der Waals surface area (Å²) in [6.45, 7) is 6.79. The largest absolute Gasteiger partial charge is 0.490 e. The normalized spacial score (nSPS) is 11.0. The smallest absolute Gasteiger partial charge is 0.203 e. The molecule has 0 aliphatic carbocycles. The van der Waals surface area contributed by atoms with E-state index in [2.05, 4.69) is 6.07 Å². The first-order valence-corrected chi connectivity index (χ1v) is 10.2. The molecule has 3 aromatic carbocycles. The maximum Gasteiger partial charge on any atom is 0.203 e. The van der Waals surface area contributed by atoms with E-state index < -0.39 is 0 Å².